The van der Waals surface area contributed by atoms with Gasteiger partial charge in [-0.3, -0.25) is 9.69 Å². The van der Waals surface area contributed by atoms with E-state index < -0.39 is 0 Å². The third kappa shape index (κ3) is 3.66. The predicted octanol–water partition coefficient (Wildman–Crippen LogP) is 1.68. The van der Waals surface area contributed by atoms with Crippen molar-refractivity contribution in [2.24, 2.45) is 0 Å². The summed E-state index contributed by atoms with van der Waals surface area (Å²) >= 11 is 0. The zero-order valence-corrected chi connectivity index (χ0v) is 13.3. The standard InChI is InChI=1S/C15H27N3O.ClH/c1-11(15(19)17-12-4-2-3-5-12)18-9-8-13-6-7-14(10-18)16-13;/h11-14,16H,2-10H2,1H3,(H,17,19);1H. The smallest absolute Gasteiger partial charge is 0.237 e. The van der Waals surface area contributed by atoms with E-state index in [0.29, 0.717) is 18.1 Å². The lowest BCUT2D eigenvalue weighted by Gasteiger charge is -2.30. The Hall–Kier alpha value is -0.320. The van der Waals surface area contributed by atoms with Crippen LogP contribution in [0, 0.1) is 0 Å². The molecule has 5 heteroatoms. The maximum atomic E-state index is 12.3. The maximum absolute atomic E-state index is 12.3. The van der Waals surface area contributed by atoms with E-state index in [1.165, 1.54) is 44.9 Å². The van der Waals surface area contributed by atoms with Gasteiger partial charge in [0.15, 0.2) is 0 Å². The molecule has 116 valence electrons. The van der Waals surface area contributed by atoms with Gasteiger partial charge in [0.25, 0.3) is 0 Å². The van der Waals surface area contributed by atoms with E-state index in [4.69, 9.17) is 0 Å². The molecule has 3 unspecified atom stereocenters. The second-order valence-corrected chi connectivity index (χ2v) is 6.59. The van der Waals surface area contributed by atoms with Crippen LogP contribution in [-0.2, 0) is 4.79 Å². The molecule has 1 amide bonds. The van der Waals surface area contributed by atoms with Gasteiger partial charge in [0.05, 0.1) is 6.04 Å². The number of nitrogens with zero attached hydrogens (tertiary/aromatic N) is 1. The molecule has 2 heterocycles. The Morgan fingerprint density at radius 2 is 1.85 bits per heavy atom. The Kier molecular flexibility index (Phi) is 5.70. The summed E-state index contributed by atoms with van der Waals surface area (Å²) in [5.74, 6) is 0.240. The van der Waals surface area contributed by atoms with E-state index in [1.54, 1.807) is 0 Å². The summed E-state index contributed by atoms with van der Waals surface area (Å²) in [4.78, 5) is 14.7. The topological polar surface area (TPSA) is 44.4 Å². The minimum absolute atomic E-state index is 0. The fraction of sp³-hybridized carbons (Fsp3) is 0.933. The number of fused-ring (bicyclic) bond motifs is 2. The second kappa shape index (κ2) is 7.10. The molecular weight excluding hydrogens is 274 g/mol. The minimum atomic E-state index is 0. The van der Waals surface area contributed by atoms with E-state index in [2.05, 4.69) is 22.5 Å². The first-order valence-corrected chi connectivity index (χ1v) is 8.03. The van der Waals surface area contributed by atoms with Crippen LogP contribution in [0.25, 0.3) is 0 Å². The summed E-state index contributed by atoms with van der Waals surface area (Å²) in [7, 11) is 0. The first-order valence-electron chi connectivity index (χ1n) is 8.03. The van der Waals surface area contributed by atoms with E-state index in [0.717, 1.165) is 13.1 Å². The van der Waals surface area contributed by atoms with E-state index in [1.807, 2.05) is 0 Å². The van der Waals surface area contributed by atoms with Gasteiger partial charge in [0, 0.05) is 31.2 Å². The van der Waals surface area contributed by atoms with Crippen LogP contribution < -0.4 is 10.6 Å². The molecule has 0 aromatic carbocycles. The number of likely N-dealkylation sites (tertiary alicyclic amines) is 1. The predicted molar refractivity (Wildman–Crippen MR) is 83.2 cm³/mol. The molecule has 4 nitrogen and oxygen atoms in total. The van der Waals surface area contributed by atoms with Crippen molar-refractivity contribution in [1.29, 1.82) is 0 Å². The second-order valence-electron chi connectivity index (χ2n) is 6.59. The number of rotatable bonds is 3. The SMILES string of the molecule is CC(C(=O)NC1CCCC1)N1CCC2CCC(C1)N2.Cl. The molecule has 0 spiro atoms. The molecule has 3 aliphatic rings. The number of amides is 1. The van der Waals surface area contributed by atoms with E-state index in [9.17, 15) is 4.79 Å². The summed E-state index contributed by atoms with van der Waals surface area (Å²) in [5.41, 5.74) is 0. The van der Waals surface area contributed by atoms with Crippen LogP contribution in [-0.4, -0.2) is 48.1 Å². The molecule has 3 rings (SSSR count). The van der Waals surface area contributed by atoms with Crippen molar-refractivity contribution in [1.82, 2.24) is 15.5 Å². The monoisotopic (exact) mass is 301 g/mol. The number of hydrogen-bond donors (Lipinski definition) is 2. The molecule has 1 saturated carbocycles. The summed E-state index contributed by atoms with van der Waals surface area (Å²) in [6.45, 7) is 4.17. The van der Waals surface area contributed by atoms with Crippen LogP contribution in [0.15, 0.2) is 0 Å². The highest BCUT2D eigenvalue weighted by molar-refractivity contribution is 5.85. The summed E-state index contributed by atoms with van der Waals surface area (Å²) < 4.78 is 0. The first kappa shape index (κ1) is 16.1. The molecule has 2 N–H and O–H groups in total. The number of nitrogens with one attached hydrogen (secondary N) is 2. The van der Waals surface area contributed by atoms with Crippen molar-refractivity contribution in [2.45, 2.75) is 76.0 Å². The van der Waals surface area contributed by atoms with Gasteiger partial charge in [0.1, 0.15) is 0 Å². The first-order chi connectivity index (χ1) is 9.22. The Balaban J connectivity index is 0.00000147. The third-order valence-electron chi connectivity index (χ3n) is 5.18. The Morgan fingerprint density at radius 3 is 2.60 bits per heavy atom. The van der Waals surface area contributed by atoms with E-state index >= 15 is 0 Å². The van der Waals surface area contributed by atoms with Crippen LogP contribution in [0.1, 0.15) is 51.9 Å². The number of halogens is 1. The number of hydrogen-bond acceptors (Lipinski definition) is 3. The molecule has 0 aromatic rings. The van der Waals surface area contributed by atoms with Crippen LogP contribution >= 0.6 is 12.4 Å². The van der Waals surface area contributed by atoms with Crippen LogP contribution in [0.2, 0.25) is 0 Å². The van der Waals surface area contributed by atoms with Crippen molar-refractivity contribution in [3.63, 3.8) is 0 Å². The summed E-state index contributed by atoms with van der Waals surface area (Å²) in [5, 5.41) is 6.92. The molecule has 0 radical (unpaired) electrons. The van der Waals surface area contributed by atoms with Crippen molar-refractivity contribution < 1.29 is 4.79 Å². The van der Waals surface area contributed by atoms with Crippen LogP contribution in [0.4, 0.5) is 0 Å². The lowest BCUT2D eigenvalue weighted by atomic mass is 10.1. The quantitative estimate of drug-likeness (QED) is 0.834. The highest BCUT2D eigenvalue weighted by Crippen LogP contribution is 2.22. The van der Waals surface area contributed by atoms with Gasteiger partial charge in [-0.1, -0.05) is 12.8 Å². The lowest BCUT2D eigenvalue weighted by Crippen LogP contribution is -2.50. The fourth-order valence-electron chi connectivity index (χ4n) is 3.88. The minimum Gasteiger partial charge on any atom is -0.352 e. The van der Waals surface area contributed by atoms with Crippen LogP contribution in [0.3, 0.4) is 0 Å². The molecule has 2 aliphatic heterocycles. The maximum Gasteiger partial charge on any atom is 0.237 e. The zero-order valence-electron chi connectivity index (χ0n) is 12.4. The lowest BCUT2D eigenvalue weighted by molar-refractivity contribution is -0.126. The molecule has 0 aromatic heterocycles. The number of carbonyl (C=O) groups excluding carboxylic acids is 1. The Morgan fingerprint density at radius 1 is 1.15 bits per heavy atom. The van der Waals surface area contributed by atoms with Gasteiger partial charge in [-0.2, -0.15) is 0 Å². The van der Waals surface area contributed by atoms with Gasteiger partial charge >= 0.3 is 0 Å². The Bertz CT molecular complexity index is 333. The van der Waals surface area contributed by atoms with Crippen molar-refractivity contribution in [3.05, 3.63) is 0 Å². The molecule has 2 saturated heterocycles. The van der Waals surface area contributed by atoms with E-state index in [-0.39, 0.29) is 24.4 Å². The summed E-state index contributed by atoms with van der Waals surface area (Å²) in [6.07, 6.45) is 8.68. The van der Waals surface area contributed by atoms with Crippen molar-refractivity contribution in [2.75, 3.05) is 13.1 Å². The van der Waals surface area contributed by atoms with Gasteiger partial charge < -0.3 is 10.6 Å². The van der Waals surface area contributed by atoms with Crippen molar-refractivity contribution in [3.8, 4) is 0 Å². The van der Waals surface area contributed by atoms with Gasteiger partial charge in [-0.25, -0.2) is 0 Å². The Labute approximate surface area is 128 Å². The largest absolute Gasteiger partial charge is 0.352 e. The molecule has 1 aliphatic carbocycles. The molecular formula is C15H28ClN3O. The molecule has 2 bridgehead atoms. The molecule has 3 atom stereocenters. The highest BCUT2D eigenvalue weighted by atomic mass is 35.5. The highest BCUT2D eigenvalue weighted by Gasteiger charge is 2.33. The molecule has 3 fully saturated rings. The van der Waals surface area contributed by atoms with Gasteiger partial charge in [-0.15, -0.1) is 12.4 Å². The van der Waals surface area contributed by atoms with Gasteiger partial charge in [-0.05, 0) is 39.0 Å². The normalized spacial score (nSPS) is 32.5. The summed E-state index contributed by atoms with van der Waals surface area (Å²) in [6, 6.07) is 1.77. The fourth-order valence-corrected chi connectivity index (χ4v) is 3.88. The van der Waals surface area contributed by atoms with Crippen molar-refractivity contribution >= 4 is 18.3 Å². The average molecular weight is 302 g/mol. The number of carbonyl (C=O) groups is 1. The third-order valence-corrected chi connectivity index (χ3v) is 5.18. The van der Waals surface area contributed by atoms with Gasteiger partial charge in [0.2, 0.25) is 5.91 Å². The zero-order chi connectivity index (χ0) is 13.2. The average Bonchev–Trinajstić information content (AvgIpc) is 2.98. The van der Waals surface area contributed by atoms with Crippen LogP contribution in [0.5, 0.6) is 0 Å². The molecule has 20 heavy (non-hydrogen) atoms.